The fraction of sp³-hybridized carbons (Fsp3) is 0.312. The zero-order valence-electron chi connectivity index (χ0n) is 12.3. The fourth-order valence-electron chi connectivity index (χ4n) is 2.17. The average Bonchev–Trinajstić information content (AvgIpc) is 3.27. The molecule has 0 aliphatic heterocycles. The van der Waals surface area contributed by atoms with E-state index < -0.39 is 11.6 Å². The molecule has 0 amide bonds. The van der Waals surface area contributed by atoms with Crippen LogP contribution in [-0.4, -0.2) is 28.6 Å². The number of aromatic nitrogens is 2. The summed E-state index contributed by atoms with van der Waals surface area (Å²) in [5.41, 5.74) is 0.457. The van der Waals surface area contributed by atoms with Crippen molar-refractivity contribution in [3.05, 3.63) is 41.8 Å². The third-order valence-electron chi connectivity index (χ3n) is 3.49. The van der Waals surface area contributed by atoms with E-state index in [4.69, 9.17) is 9.47 Å². The van der Waals surface area contributed by atoms with Crippen molar-refractivity contribution < 1.29 is 18.7 Å². The zero-order valence-corrected chi connectivity index (χ0v) is 12.3. The number of carbonyl (C=O) groups excluding carboxylic acids is 1. The van der Waals surface area contributed by atoms with Gasteiger partial charge in [0, 0.05) is 30.2 Å². The van der Waals surface area contributed by atoms with Crippen LogP contribution >= 0.6 is 0 Å². The molecule has 0 spiro atoms. The molecule has 0 atom stereocenters. The van der Waals surface area contributed by atoms with E-state index in [1.54, 1.807) is 25.1 Å². The van der Waals surface area contributed by atoms with E-state index in [2.05, 4.69) is 9.97 Å². The molecule has 5 nitrogen and oxygen atoms in total. The number of halogens is 1. The molecule has 22 heavy (non-hydrogen) atoms. The van der Waals surface area contributed by atoms with Gasteiger partial charge in [0.1, 0.15) is 5.82 Å². The summed E-state index contributed by atoms with van der Waals surface area (Å²) in [5, 5.41) is 0. The maximum Gasteiger partial charge on any atom is 0.350 e. The van der Waals surface area contributed by atoms with Crippen LogP contribution < -0.4 is 4.74 Å². The minimum atomic E-state index is -0.921. The molecule has 1 aromatic carbocycles. The normalized spacial score (nSPS) is 15.2. The number of ether oxygens (including phenoxy) is 2. The fourth-order valence-corrected chi connectivity index (χ4v) is 2.17. The summed E-state index contributed by atoms with van der Waals surface area (Å²) >= 11 is 0. The summed E-state index contributed by atoms with van der Waals surface area (Å²) in [4.78, 5) is 20.4. The lowest BCUT2D eigenvalue weighted by atomic mass is 10.2. The second-order valence-electron chi connectivity index (χ2n) is 5.27. The monoisotopic (exact) mass is 302 g/mol. The molecule has 0 bridgehead atoms. The molecule has 0 radical (unpaired) electrons. The molecule has 1 saturated carbocycles. The number of hydrogen-bond acceptors (Lipinski definition) is 5. The van der Waals surface area contributed by atoms with E-state index in [9.17, 15) is 9.18 Å². The van der Waals surface area contributed by atoms with Gasteiger partial charge in [-0.25, -0.2) is 14.2 Å². The Morgan fingerprint density at radius 3 is 2.50 bits per heavy atom. The highest BCUT2D eigenvalue weighted by Gasteiger charge is 2.54. The van der Waals surface area contributed by atoms with Crippen molar-refractivity contribution in [2.24, 2.45) is 0 Å². The predicted molar refractivity (Wildman–Crippen MR) is 76.8 cm³/mol. The van der Waals surface area contributed by atoms with Gasteiger partial charge in [-0.1, -0.05) is 0 Å². The lowest BCUT2D eigenvalue weighted by Gasteiger charge is -2.15. The lowest BCUT2D eigenvalue weighted by Crippen LogP contribution is -2.31. The van der Waals surface area contributed by atoms with E-state index in [0.717, 1.165) is 0 Å². The van der Waals surface area contributed by atoms with Gasteiger partial charge in [-0.15, -0.1) is 0 Å². The Kier molecular flexibility index (Phi) is 3.52. The summed E-state index contributed by atoms with van der Waals surface area (Å²) < 4.78 is 23.5. The molecule has 114 valence electrons. The molecule has 6 heteroatoms. The van der Waals surface area contributed by atoms with Gasteiger partial charge < -0.3 is 9.47 Å². The van der Waals surface area contributed by atoms with Gasteiger partial charge in [0.15, 0.2) is 5.82 Å². The second-order valence-corrected chi connectivity index (χ2v) is 5.27. The molecule has 1 aromatic heterocycles. The third-order valence-corrected chi connectivity index (χ3v) is 3.49. The maximum atomic E-state index is 13.0. The Labute approximate surface area is 127 Å². The smallest absolute Gasteiger partial charge is 0.350 e. The van der Waals surface area contributed by atoms with Gasteiger partial charge in [-0.2, -0.15) is 4.98 Å². The second kappa shape index (κ2) is 5.36. The van der Waals surface area contributed by atoms with Gasteiger partial charge in [-0.05, 0) is 31.2 Å². The largest absolute Gasteiger partial charge is 0.466 e. The van der Waals surface area contributed by atoms with Crippen molar-refractivity contribution in [3.63, 3.8) is 0 Å². The molecule has 2 aromatic rings. The Balaban J connectivity index is 1.90. The molecule has 0 unspecified atom stereocenters. The molecular weight excluding hydrogens is 287 g/mol. The first kappa shape index (κ1) is 14.4. The highest BCUT2D eigenvalue weighted by atomic mass is 19.1. The summed E-state index contributed by atoms with van der Waals surface area (Å²) in [6.07, 6.45) is 1.21. The van der Waals surface area contributed by atoms with Crippen LogP contribution in [0.15, 0.2) is 30.3 Å². The highest BCUT2D eigenvalue weighted by molar-refractivity contribution is 5.83. The Hall–Kier alpha value is -2.50. The first-order valence-corrected chi connectivity index (χ1v) is 6.91. The number of carbonyl (C=O) groups is 1. The highest BCUT2D eigenvalue weighted by Crippen LogP contribution is 2.41. The Morgan fingerprint density at radius 2 is 1.91 bits per heavy atom. The minimum Gasteiger partial charge on any atom is -0.466 e. The third kappa shape index (κ3) is 2.77. The van der Waals surface area contributed by atoms with Gasteiger partial charge in [-0.3, -0.25) is 0 Å². The van der Waals surface area contributed by atoms with Crippen molar-refractivity contribution in [2.45, 2.75) is 25.4 Å². The summed E-state index contributed by atoms with van der Waals surface area (Å²) in [5.74, 6) is 0.0213. The molecular formula is C16H15FN2O3. The van der Waals surface area contributed by atoms with Crippen LogP contribution in [0.3, 0.4) is 0 Å². The molecule has 3 rings (SSSR count). The molecule has 0 saturated heterocycles. The molecule has 1 aliphatic carbocycles. The molecule has 0 N–H and O–H groups in total. The number of rotatable bonds is 4. The predicted octanol–water partition coefficient (Wildman–Crippen LogP) is 2.68. The number of methoxy groups -OCH3 is 1. The van der Waals surface area contributed by atoms with Crippen molar-refractivity contribution in [2.75, 3.05) is 7.11 Å². The SMILES string of the molecule is COC(=O)C1(Oc2cc(C)nc(-c3ccc(F)cc3)n2)CC1. The van der Waals surface area contributed by atoms with E-state index in [1.165, 1.54) is 19.2 Å². The Bertz CT molecular complexity index is 712. The quantitative estimate of drug-likeness (QED) is 0.813. The van der Waals surface area contributed by atoms with Crippen LogP contribution in [-0.2, 0) is 9.53 Å². The van der Waals surface area contributed by atoms with E-state index in [-0.39, 0.29) is 5.82 Å². The van der Waals surface area contributed by atoms with Crippen LogP contribution in [0.2, 0.25) is 0 Å². The van der Waals surface area contributed by atoms with E-state index in [0.29, 0.717) is 35.8 Å². The maximum absolute atomic E-state index is 13.0. The molecule has 1 aliphatic rings. The number of benzene rings is 1. The van der Waals surface area contributed by atoms with Crippen LogP contribution in [0.1, 0.15) is 18.5 Å². The van der Waals surface area contributed by atoms with Crippen molar-refractivity contribution in [1.82, 2.24) is 9.97 Å². The first-order valence-electron chi connectivity index (χ1n) is 6.91. The summed E-state index contributed by atoms with van der Waals surface area (Å²) in [6.45, 7) is 1.80. The minimum absolute atomic E-state index is 0.315. The van der Waals surface area contributed by atoms with Crippen LogP contribution in [0, 0.1) is 12.7 Å². The lowest BCUT2D eigenvalue weighted by molar-refractivity contribution is -0.151. The topological polar surface area (TPSA) is 61.3 Å². The van der Waals surface area contributed by atoms with Crippen molar-refractivity contribution >= 4 is 5.97 Å². The van der Waals surface area contributed by atoms with E-state index in [1.807, 2.05) is 0 Å². The van der Waals surface area contributed by atoms with Gasteiger partial charge in [0.2, 0.25) is 11.5 Å². The number of esters is 1. The van der Waals surface area contributed by atoms with E-state index >= 15 is 0 Å². The van der Waals surface area contributed by atoms with Crippen LogP contribution in [0.25, 0.3) is 11.4 Å². The number of nitrogens with zero attached hydrogens (tertiary/aromatic N) is 2. The van der Waals surface area contributed by atoms with Gasteiger partial charge in [0.05, 0.1) is 7.11 Å². The van der Waals surface area contributed by atoms with Crippen LogP contribution in [0.5, 0.6) is 5.88 Å². The summed E-state index contributed by atoms with van der Waals surface area (Å²) in [7, 11) is 1.33. The summed E-state index contributed by atoms with van der Waals surface area (Å²) in [6, 6.07) is 7.55. The van der Waals surface area contributed by atoms with Crippen LogP contribution in [0.4, 0.5) is 4.39 Å². The first-order chi connectivity index (χ1) is 10.5. The van der Waals surface area contributed by atoms with Gasteiger partial charge in [0.25, 0.3) is 0 Å². The zero-order chi connectivity index (χ0) is 15.7. The van der Waals surface area contributed by atoms with Crippen molar-refractivity contribution in [1.29, 1.82) is 0 Å². The molecule has 1 heterocycles. The standard InChI is InChI=1S/C16H15FN2O3/c1-10-9-13(22-16(7-8-16)15(20)21-2)19-14(18-10)11-3-5-12(17)6-4-11/h3-6,9H,7-8H2,1-2H3. The average molecular weight is 302 g/mol. The van der Waals surface area contributed by atoms with Crippen molar-refractivity contribution in [3.8, 4) is 17.3 Å². The number of hydrogen-bond donors (Lipinski definition) is 0. The number of aryl methyl sites for hydroxylation is 1. The molecule has 1 fully saturated rings. The van der Waals surface area contributed by atoms with Gasteiger partial charge >= 0.3 is 5.97 Å². The Morgan fingerprint density at radius 1 is 1.23 bits per heavy atom.